The predicted octanol–water partition coefficient (Wildman–Crippen LogP) is 3.90. The van der Waals surface area contributed by atoms with Gasteiger partial charge < -0.3 is 4.40 Å². The smallest absolute Gasteiger partial charge is 0.137 e. The summed E-state index contributed by atoms with van der Waals surface area (Å²) in [5.74, 6) is 0.698. The Balaban J connectivity index is 2.25. The standard InChI is InChI=1S/C15H20N2/c1-15(2,3)14-13(11-7-6-8-11)16-12-9-4-5-10-17(12)14/h4-5,9-11H,6-8H2,1-3H3. The Kier molecular flexibility index (Phi) is 2.29. The van der Waals surface area contributed by atoms with Crippen molar-refractivity contribution in [3.05, 3.63) is 35.8 Å². The molecule has 1 aliphatic rings. The molecule has 0 aliphatic heterocycles. The Labute approximate surface area is 103 Å². The van der Waals surface area contributed by atoms with Crippen LogP contribution >= 0.6 is 0 Å². The van der Waals surface area contributed by atoms with E-state index in [1.54, 1.807) is 0 Å². The van der Waals surface area contributed by atoms with Crippen molar-refractivity contribution in [2.45, 2.75) is 51.4 Å². The van der Waals surface area contributed by atoms with Gasteiger partial charge in [-0.15, -0.1) is 0 Å². The number of nitrogens with zero attached hydrogens (tertiary/aromatic N) is 2. The number of aromatic nitrogens is 2. The number of pyridine rings is 1. The minimum absolute atomic E-state index is 0.158. The van der Waals surface area contributed by atoms with Crippen molar-refractivity contribution in [3.63, 3.8) is 0 Å². The molecule has 0 saturated heterocycles. The number of imidazole rings is 1. The summed E-state index contributed by atoms with van der Waals surface area (Å²) in [5.41, 5.74) is 4.00. The van der Waals surface area contributed by atoms with Crippen molar-refractivity contribution in [2.75, 3.05) is 0 Å². The van der Waals surface area contributed by atoms with Crippen molar-refractivity contribution in [3.8, 4) is 0 Å². The van der Waals surface area contributed by atoms with Gasteiger partial charge in [0.1, 0.15) is 5.65 Å². The number of rotatable bonds is 1. The highest BCUT2D eigenvalue weighted by molar-refractivity contribution is 5.46. The SMILES string of the molecule is CC(C)(C)c1c(C2CCC2)nc2ccccn12. The van der Waals surface area contributed by atoms with Crippen molar-refractivity contribution in [1.29, 1.82) is 0 Å². The third-order valence-electron chi connectivity index (χ3n) is 3.76. The van der Waals surface area contributed by atoms with Gasteiger partial charge in [0, 0.05) is 17.5 Å². The van der Waals surface area contributed by atoms with Crippen LogP contribution in [0.2, 0.25) is 0 Å². The lowest BCUT2D eigenvalue weighted by molar-refractivity contribution is 0.401. The average molecular weight is 228 g/mol. The van der Waals surface area contributed by atoms with Crippen LogP contribution in [0.5, 0.6) is 0 Å². The maximum atomic E-state index is 4.86. The zero-order valence-corrected chi connectivity index (χ0v) is 10.9. The van der Waals surface area contributed by atoms with Crippen LogP contribution in [-0.4, -0.2) is 9.38 Å². The summed E-state index contributed by atoms with van der Waals surface area (Å²) in [6.07, 6.45) is 6.13. The fourth-order valence-corrected chi connectivity index (χ4v) is 2.73. The molecule has 2 nitrogen and oxygen atoms in total. The second-order valence-corrected chi connectivity index (χ2v) is 6.15. The van der Waals surface area contributed by atoms with E-state index in [0.29, 0.717) is 5.92 Å². The predicted molar refractivity (Wildman–Crippen MR) is 70.5 cm³/mol. The molecule has 0 N–H and O–H groups in total. The van der Waals surface area contributed by atoms with E-state index >= 15 is 0 Å². The molecule has 2 heteroatoms. The van der Waals surface area contributed by atoms with Crippen molar-refractivity contribution in [1.82, 2.24) is 9.38 Å². The Morgan fingerprint density at radius 3 is 2.59 bits per heavy atom. The largest absolute Gasteiger partial charge is 0.303 e. The first kappa shape index (κ1) is 10.8. The average Bonchev–Trinajstić information content (AvgIpc) is 2.52. The van der Waals surface area contributed by atoms with Gasteiger partial charge in [0.2, 0.25) is 0 Å². The molecule has 1 saturated carbocycles. The van der Waals surface area contributed by atoms with E-state index in [1.165, 1.54) is 30.7 Å². The number of fused-ring (bicyclic) bond motifs is 1. The van der Waals surface area contributed by atoms with E-state index in [0.717, 1.165) is 5.65 Å². The normalized spacial score (nSPS) is 17.4. The minimum Gasteiger partial charge on any atom is -0.303 e. The summed E-state index contributed by atoms with van der Waals surface area (Å²) in [5, 5.41) is 0. The Morgan fingerprint density at radius 1 is 1.24 bits per heavy atom. The van der Waals surface area contributed by atoms with Crippen LogP contribution < -0.4 is 0 Å². The lowest BCUT2D eigenvalue weighted by Gasteiger charge is -2.28. The summed E-state index contributed by atoms with van der Waals surface area (Å²) >= 11 is 0. The molecule has 0 bridgehead atoms. The lowest BCUT2D eigenvalue weighted by atomic mass is 9.78. The molecule has 90 valence electrons. The molecule has 0 atom stereocenters. The summed E-state index contributed by atoms with van der Waals surface area (Å²) in [6, 6.07) is 6.27. The highest BCUT2D eigenvalue weighted by Gasteiger charge is 2.31. The quantitative estimate of drug-likeness (QED) is 0.723. The molecule has 0 unspecified atom stereocenters. The third kappa shape index (κ3) is 1.67. The van der Waals surface area contributed by atoms with Gasteiger partial charge in [-0.2, -0.15) is 0 Å². The van der Waals surface area contributed by atoms with Crippen LogP contribution in [0.25, 0.3) is 5.65 Å². The second kappa shape index (κ2) is 3.59. The Morgan fingerprint density at radius 2 is 2.00 bits per heavy atom. The van der Waals surface area contributed by atoms with Crippen LogP contribution in [0.3, 0.4) is 0 Å². The zero-order chi connectivity index (χ0) is 12.0. The summed E-state index contributed by atoms with van der Waals surface area (Å²) in [6.45, 7) is 6.85. The molecule has 0 radical (unpaired) electrons. The van der Waals surface area contributed by atoms with Crippen LogP contribution in [0.15, 0.2) is 24.4 Å². The van der Waals surface area contributed by atoms with Gasteiger partial charge in [-0.05, 0) is 25.0 Å². The molecule has 1 aliphatic carbocycles. The monoisotopic (exact) mass is 228 g/mol. The van der Waals surface area contributed by atoms with Crippen molar-refractivity contribution >= 4 is 5.65 Å². The molecule has 2 heterocycles. The topological polar surface area (TPSA) is 17.3 Å². The third-order valence-corrected chi connectivity index (χ3v) is 3.76. The first-order chi connectivity index (χ1) is 8.07. The molecule has 0 spiro atoms. The van der Waals surface area contributed by atoms with Gasteiger partial charge >= 0.3 is 0 Å². The Bertz CT molecular complexity index is 542. The molecule has 0 aromatic carbocycles. The fourth-order valence-electron chi connectivity index (χ4n) is 2.73. The maximum Gasteiger partial charge on any atom is 0.137 e. The second-order valence-electron chi connectivity index (χ2n) is 6.15. The maximum absolute atomic E-state index is 4.86. The molecular weight excluding hydrogens is 208 g/mol. The van der Waals surface area contributed by atoms with Gasteiger partial charge in [-0.1, -0.05) is 33.3 Å². The van der Waals surface area contributed by atoms with Gasteiger partial charge in [-0.25, -0.2) is 4.98 Å². The summed E-state index contributed by atoms with van der Waals surface area (Å²) < 4.78 is 2.27. The van der Waals surface area contributed by atoms with Crippen LogP contribution in [0.4, 0.5) is 0 Å². The van der Waals surface area contributed by atoms with Gasteiger partial charge in [-0.3, -0.25) is 0 Å². The molecular formula is C15H20N2. The van der Waals surface area contributed by atoms with E-state index < -0.39 is 0 Å². The van der Waals surface area contributed by atoms with E-state index in [-0.39, 0.29) is 5.41 Å². The van der Waals surface area contributed by atoms with Gasteiger partial charge in [0.15, 0.2) is 0 Å². The fraction of sp³-hybridized carbons (Fsp3) is 0.533. The first-order valence-electron chi connectivity index (χ1n) is 6.55. The molecule has 17 heavy (non-hydrogen) atoms. The number of hydrogen-bond donors (Lipinski definition) is 0. The first-order valence-corrected chi connectivity index (χ1v) is 6.55. The summed E-state index contributed by atoms with van der Waals surface area (Å²) in [4.78, 5) is 4.86. The van der Waals surface area contributed by atoms with Crippen molar-refractivity contribution < 1.29 is 0 Å². The Hall–Kier alpha value is -1.31. The minimum atomic E-state index is 0.158. The zero-order valence-electron chi connectivity index (χ0n) is 10.9. The van der Waals surface area contributed by atoms with Gasteiger partial charge in [0.25, 0.3) is 0 Å². The van der Waals surface area contributed by atoms with Crippen LogP contribution in [0.1, 0.15) is 57.3 Å². The van der Waals surface area contributed by atoms with Crippen molar-refractivity contribution in [2.24, 2.45) is 0 Å². The highest BCUT2D eigenvalue weighted by atomic mass is 15.0. The van der Waals surface area contributed by atoms with E-state index in [1.807, 2.05) is 0 Å². The highest BCUT2D eigenvalue weighted by Crippen LogP contribution is 2.41. The number of hydrogen-bond acceptors (Lipinski definition) is 1. The van der Waals surface area contributed by atoms with E-state index in [9.17, 15) is 0 Å². The molecule has 2 aromatic heterocycles. The lowest BCUT2D eigenvalue weighted by Crippen LogP contribution is -2.20. The van der Waals surface area contributed by atoms with E-state index in [4.69, 9.17) is 4.98 Å². The summed E-state index contributed by atoms with van der Waals surface area (Å²) in [7, 11) is 0. The van der Waals surface area contributed by atoms with Crippen LogP contribution in [0, 0.1) is 0 Å². The van der Waals surface area contributed by atoms with Gasteiger partial charge in [0.05, 0.1) is 11.4 Å². The van der Waals surface area contributed by atoms with Crippen LogP contribution in [-0.2, 0) is 5.41 Å². The molecule has 1 fully saturated rings. The molecule has 3 rings (SSSR count). The molecule has 2 aromatic rings. The van der Waals surface area contributed by atoms with E-state index in [2.05, 4.69) is 49.6 Å². The molecule has 0 amide bonds.